The Morgan fingerprint density at radius 3 is 2.50 bits per heavy atom. The number of anilines is 2. The Morgan fingerprint density at radius 2 is 1.80 bits per heavy atom. The van der Waals surface area contributed by atoms with Crippen molar-refractivity contribution in [2.24, 2.45) is 0 Å². The van der Waals surface area contributed by atoms with E-state index in [0.717, 1.165) is 16.7 Å². The first-order valence-corrected chi connectivity index (χ1v) is 6.71. The fraction of sp³-hybridized carbons (Fsp3) is 0.188. The summed E-state index contributed by atoms with van der Waals surface area (Å²) in [5.74, 6) is -0.208. The lowest BCUT2D eigenvalue weighted by atomic mass is 10.1. The largest absolute Gasteiger partial charge is 0.397 e. The molecule has 0 aliphatic heterocycles. The molecule has 104 valence electrons. The van der Waals surface area contributed by atoms with Crippen LogP contribution in [0.4, 0.5) is 11.4 Å². The first-order chi connectivity index (χ1) is 9.40. The van der Waals surface area contributed by atoms with Crippen LogP contribution in [0.25, 0.3) is 0 Å². The van der Waals surface area contributed by atoms with Gasteiger partial charge in [-0.2, -0.15) is 0 Å². The molecule has 20 heavy (non-hydrogen) atoms. The molecule has 4 heteroatoms. The topological polar surface area (TPSA) is 55.1 Å². The summed E-state index contributed by atoms with van der Waals surface area (Å²) in [5.41, 5.74) is 10.6. The van der Waals surface area contributed by atoms with E-state index in [4.69, 9.17) is 17.3 Å². The minimum Gasteiger partial charge on any atom is -0.397 e. The minimum atomic E-state index is -0.208. The second-order valence-electron chi connectivity index (χ2n) is 4.89. The summed E-state index contributed by atoms with van der Waals surface area (Å²) in [6.45, 7) is 5.79. The van der Waals surface area contributed by atoms with Crippen molar-refractivity contribution in [1.29, 1.82) is 0 Å². The van der Waals surface area contributed by atoms with Crippen LogP contribution in [0.3, 0.4) is 0 Å². The number of nitrogens with two attached hydrogens (primary N) is 1. The van der Waals surface area contributed by atoms with E-state index in [2.05, 4.69) is 5.32 Å². The summed E-state index contributed by atoms with van der Waals surface area (Å²) in [6.07, 6.45) is 0. The van der Waals surface area contributed by atoms with Crippen molar-refractivity contribution in [3.8, 4) is 0 Å². The first-order valence-electron chi connectivity index (χ1n) is 6.33. The molecular formula is C16H17ClN2O. The van der Waals surface area contributed by atoms with Gasteiger partial charge in [-0.25, -0.2) is 0 Å². The SMILES string of the molecule is Cc1cc(N)c(NC(=O)c2cccc(Cl)c2C)cc1C. The number of hydrogen-bond donors (Lipinski definition) is 2. The third-order valence-electron chi connectivity index (χ3n) is 3.43. The minimum absolute atomic E-state index is 0.208. The second kappa shape index (κ2) is 5.55. The van der Waals surface area contributed by atoms with Crippen molar-refractivity contribution in [1.82, 2.24) is 0 Å². The average molecular weight is 289 g/mol. The predicted molar refractivity (Wildman–Crippen MR) is 84.5 cm³/mol. The molecule has 3 nitrogen and oxygen atoms in total. The number of benzene rings is 2. The highest BCUT2D eigenvalue weighted by molar-refractivity contribution is 6.32. The highest BCUT2D eigenvalue weighted by Crippen LogP contribution is 2.25. The molecule has 0 saturated heterocycles. The lowest BCUT2D eigenvalue weighted by Gasteiger charge is -2.12. The van der Waals surface area contributed by atoms with Gasteiger partial charge < -0.3 is 11.1 Å². The summed E-state index contributed by atoms with van der Waals surface area (Å²) in [5, 5.41) is 3.41. The number of halogens is 1. The lowest BCUT2D eigenvalue weighted by Crippen LogP contribution is -2.15. The van der Waals surface area contributed by atoms with Crippen LogP contribution in [0.2, 0.25) is 5.02 Å². The monoisotopic (exact) mass is 288 g/mol. The van der Waals surface area contributed by atoms with E-state index in [9.17, 15) is 4.79 Å². The number of carbonyl (C=O) groups is 1. The summed E-state index contributed by atoms with van der Waals surface area (Å²) in [7, 11) is 0. The summed E-state index contributed by atoms with van der Waals surface area (Å²) < 4.78 is 0. The van der Waals surface area contributed by atoms with Crippen LogP contribution in [0.15, 0.2) is 30.3 Å². The molecule has 0 saturated carbocycles. The number of aryl methyl sites for hydroxylation is 2. The molecule has 0 aliphatic rings. The quantitative estimate of drug-likeness (QED) is 0.818. The van der Waals surface area contributed by atoms with Gasteiger partial charge >= 0.3 is 0 Å². The van der Waals surface area contributed by atoms with Gasteiger partial charge in [0.25, 0.3) is 5.91 Å². The van der Waals surface area contributed by atoms with Gasteiger partial charge in [0, 0.05) is 10.6 Å². The molecule has 0 heterocycles. The molecule has 2 aromatic carbocycles. The molecule has 0 bridgehead atoms. The molecule has 0 aliphatic carbocycles. The Labute approximate surface area is 123 Å². The van der Waals surface area contributed by atoms with Gasteiger partial charge in [0.1, 0.15) is 0 Å². The third kappa shape index (κ3) is 2.78. The van der Waals surface area contributed by atoms with Gasteiger partial charge in [-0.3, -0.25) is 4.79 Å². The number of nitrogen functional groups attached to an aromatic ring is 1. The Morgan fingerprint density at radius 1 is 1.15 bits per heavy atom. The van der Waals surface area contributed by atoms with E-state index >= 15 is 0 Å². The lowest BCUT2D eigenvalue weighted by molar-refractivity contribution is 0.102. The Hall–Kier alpha value is -2.00. The van der Waals surface area contributed by atoms with Gasteiger partial charge in [-0.1, -0.05) is 17.7 Å². The number of rotatable bonds is 2. The van der Waals surface area contributed by atoms with Crippen molar-refractivity contribution in [2.45, 2.75) is 20.8 Å². The number of carbonyl (C=O) groups excluding carboxylic acids is 1. The average Bonchev–Trinajstić information content (AvgIpc) is 2.39. The molecule has 0 aromatic heterocycles. The van der Waals surface area contributed by atoms with E-state index < -0.39 is 0 Å². The number of hydrogen-bond acceptors (Lipinski definition) is 2. The highest BCUT2D eigenvalue weighted by atomic mass is 35.5. The van der Waals surface area contributed by atoms with Gasteiger partial charge in [0.15, 0.2) is 0 Å². The molecule has 3 N–H and O–H groups in total. The van der Waals surface area contributed by atoms with Gasteiger partial charge in [0.05, 0.1) is 11.4 Å². The number of amides is 1. The molecule has 0 unspecified atom stereocenters. The van der Waals surface area contributed by atoms with Crippen molar-refractivity contribution in [3.05, 3.63) is 57.6 Å². The maximum Gasteiger partial charge on any atom is 0.256 e. The molecule has 2 aromatic rings. The van der Waals surface area contributed by atoms with Crippen LogP contribution in [0, 0.1) is 20.8 Å². The van der Waals surface area contributed by atoms with E-state index in [-0.39, 0.29) is 5.91 Å². The molecule has 0 fully saturated rings. The van der Waals surface area contributed by atoms with Crippen LogP contribution in [-0.2, 0) is 0 Å². The van der Waals surface area contributed by atoms with Gasteiger partial charge in [0.2, 0.25) is 0 Å². The zero-order chi connectivity index (χ0) is 14.9. The first kappa shape index (κ1) is 14.4. The number of nitrogens with one attached hydrogen (secondary N) is 1. The highest BCUT2D eigenvalue weighted by Gasteiger charge is 2.13. The summed E-state index contributed by atoms with van der Waals surface area (Å²) >= 11 is 6.03. The zero-order valence-electron chi connectivity index (χ0n) is 11.8. The normalized spacial score (nSPS) is 10.4. The standard InChI is InChI=1S/C16H17ClN2O/c1-9-7-14(18)15(8-10(9)2)19-16(20)12-5-4-6-13(17)11(12)3/h4-8H,18H2,1-3H3,(H,19,20). The summed E-state index contributed by atoms with van der Waals surface area (Å²) in [6, 6.07) is 9.00. The zero-order valence-corrected chi connectivity index (χ0v) is 12.5. The maximum atomic E-state index is 12.3. The van der Waals surface area contributed by atoms with E-state index in [1.54, 1.807) is 18.2 Å². The Kier molecular flexibility index (Phi) is 4.00. The fourth-order valence-electron chi connectivity index (χ4n) is 1.99. The molecule has 0 spiro atoms. The van der Waals surface area contributed by atoms with Crippen molar-refractivity contribution >= 4 is 28.9 Å². The molecule has 2 rings (SSSR count). The van der Waals surface area contributed by atoms with Crippen LogP contribution in [0.5, 0.6) is 0 Å². The van der Waals surface area contributed by atoms with Crippen molar-refractivity contribution < 1.29 is 4.79 Å². The molecule has 0 atom stereocenters. The molecular weight excluding hydrogens is 272 g/mol. The molecule has 0 radical (unpaired) electrons. The second-order valence-corrected chi connectivity index (χ2v) is 5.30. The van der Waals surface area contributed by atoms with E-state index in [1.807, 2.05) is 32.9 Å². The fourth-order valence-corrected chi connectivity index (χ4v) is 2.16. The third-order valence-corrected chi connectivity index (χ3v) is 3.84. The van der Waals surface area contributed by atoms with Gasteiger partial charge in [-0.15, -0.1) is 0 Å². The molecule has 1 amide bonds. The van der Waals surface area contributed by atoms with Gasteiger partial charge in [-0.05, 0) is 61.7 Å². The smallest absolute Gasteiger partial charge is 0.256 e. The predicted octanol–water partition coefficient (Wildman–Crippen LogP) is 4.10. The van der Waals surface area contributed by atoms with E-state index in [0.29, 0.717) is 22.0 Å². The Balaban J connectivity index is 2.33. The van der Waals surface area contributed by atoms with Crippen LogP contribution in [-0.4, -0.2) is 5.91 Å². The Bertz CT molecular complexity index is 680. The van der Waals surface area contributed by atoms with E-state index in [1.165, 1.54) is 0 Å². The van der Waals surface area contributed by atoms with Crippen molar-refractivity contribution in [3.63, 3.8) is 0 Å². The van der Waals surface area contributed by atoms with Crippen LogP contribution in [0.1, 0.15) is 27.0 Å². The maximum absolute atomic E-state index is 12.3. The summed E-state index contributed by atoms with van der Waals surface area (Å²) in [4.78, 5) is 12.3. The van der Waals surface area contributed by atoms with Crippen molar-refractivity contribution in [2.75, 3.05) is 11.1 Å². The van der Waals surface area contributed by atoms with Crippen LogP contribution >= 0.6 is 11.6 Å². The van der Waals surface area contributed by atoms with Crippen LogP contribution < -0.4 is 11.1 Å².